The zero-order valence-corrected chi connectivity index (χ0v) is 15.9. The molecule has 1 N–H and O–H groups in total. The summed E-state index contributed by atoms with van der Waals surface area (Å²) in [7, 11) is 1.64. The Morgan fingerprint density at radius 2 is 1.93 bits per heavy atom. The Morgan fingerprint density at radius 3 is 2.63 bits per heavy atom. The molecule has 0 radical (unpaired) electrons. The number of methoxy groups -OCH3 is 1. The number of carbonyl (C=O) groups is 1. The number of aromatic nitrogens is 2. The van der Waals surface area contributed by atoms with Crippen molar-refractivity contribution in [1.82, 2.24) is 10.1 Å². The minimum Gasteiger partial charge on any atom is -0.380 e. The fourth-order valence-electron chi connectivity index (χ4n) is 2.61. The Bertz CT molecular complexity index is 942. The highest BCUT2D eigenvalue weighted by Crippen LogP contribution is 2.26. The fraction of sp³-hybridized carbons (Fsp3) is 0.286. The summed E-state index contributed by atoms with van der Waals surface area (Å²) in [4.78, 5) is 17.3. The fourth-order valence-corrected chi connectivity index (χ4v) is 2.61. The predicted octanol–water partition coefficient (Wildman–Crippen LogP) is 4.43. The minimum atomic E-state index is -0.240. The molecule has 0 saturated carbocycles. The van der Waals surface area contributed by atoms with Gasteiger partial charge in [-0.05, 0) is 29.8 Å². The number of carbonyl (C=O) groups excluding carboxylic acids is 1. The lowest BCUT2D eigenvalue weighted by molar-refractivity contribution is 0.102. The molecule has 27 heavy (non-hydrogen) atoms. The zero-order valence-electron chi connectivity index (χ0n) is 15.9. The van der Waals surface area contributed by atoms with Crippen molar-refractivity contribution in [2.75, 3.05) is 12.4 Å². The second-order valence-electron chi connectivity index (χ2n) is 7.31. The first kappa shape index (κ1) is 18.8. The number of ether oxygens (including phenoxy) is 1. The second-order valence-corrected chi connectivity index (χ2v) is 7.31. The number of nitrogens with zero attached hydrogens (tertiary/aromatic N) is 2. The molecule has 1 heterocycles. The van der Waals surface area contributed by atoms with Gasteiger partial charge in [-0.1, -0.05) is 50.2 Å². The van der Waals surface area contributed by atoms with Crippen LogP contribution in [0, 0.1) is 0 Å². The largest absolute Gasteiger partial charge is 0.380 e. The summed E-state index contributed by atoms with van der Waals surface area (Å²) in [5, 5.41) is 6.97. The Balaban J connectivity index is 1.88. The lowest BCUT2D eigenvalue weighted by Crippen LogP contribution is -2.14. The van der Waals surface area contributed by atoms with Crippen LogP contribution in [-0.4, -0.2) is 23.2 Å². The van der Waals surface area contributed by atoms with Crippen LogP contribution in [0.3, 0.4) is 0 Å². The van der Waals surface area contributed by atoms with Gasteiger partial charge in [-0.25, -0.2) is 0 Å². The Kier molecular flexibility index (Phi) is 5.37. The van der Waals surface area contributed by atoms with E-state index in [0.717, 1.165) is 5.56 Å². The molecule has 0 aliphatic heterocycles. The highest BCUT2D eigenvalue weighted by atomic mass is 16.5. The topological polar surface area (TPSA) is 77.2 Å². The van der Waals surface area contributed by atoms with E-state index in [1.54, 1.807) is 25.3 Å². The van der Waals surface area contributed by atoms with Gasteiger partial charge in [0.25, 0.3) is 11.8 Å². The smallest absolute Gasteiger partial charge is 0.258 e. The molecule has 6 nitrogen and oxygen atoms in total. The molecule has 0 aliphatic carbocycles. The SMILES string of the molecule is COCc1cccc(NC(=O)c2ccccc2-c2nc(C(C)(C)C)no2)c1. The van der Waals surface area contributed by atoms with Crippen molar-refractivity contribution in [2.24, 2.45) is 0 Å². The summed E-state index contributed by atoms with van der Waals surface area (Å²) in [6.07, 6.45) is 0. The molecule has 140 valence electrons. The Labute approximate surface area is 158 Å². The van der Waals surface area contributed by atoms with E-state index < -0.39 is 0 Å². The molecule has 3 aromatic rings. The molecule has 3 rings (SSSR count). The van der Waals surface area contributed by atoms with E-state index in [2.05, 4.69) is 15.5 Å². The number of rotatable bonds is 5. The maximum atomic E-state index is 12.8. The zero-order chi connectivity index (χ0) is 19.4. The summed E-state index contributed by atoms with van der Waals surface area (Å²) >= 11 is 0. The molecule has 0 aliphatic rings. The highest BCUT2D eigenvalue weighted by molar-refractivity contribution is 6.08. The summed E-state index contributed by atoms with van der Waals surface area (Å²) in [6, 6.07) is 14.7. The van der Waals surface area contributed by atoms with E-state index in [9.17, 15) is 4.79 Å². The molecule has 0 saturated heterocycles. The van der Waals surface area contributed by atoms with Crippen LogP contribution in [0.5, 0.6) is 0 Å². The van der Waals surface area contributed by atoms with Crippen molar-refractivity contribution in [3.63, 3.8) is 0 Å². The quantitative estimate of drug-likeness (QED) is 0.723. The van der Waals surface area contributed by atoms with Gasteiger partial charge in [0, 0.05) is 18.2 Å². The van der Waals surface area contributed by atoms with Gasteiger partial charge in [0.05, 0.1) is 17.7 Å². The Hall–Kier alpha value is -2.99. The molecule has 1 amide bonds. The van der Waals surface area contributed by atoms with Crippen LogP contribution in [0.2, 0.25) is 0 Å². The van der Waals surface area contributed by atoms with Crippen LogP contribution < -0.4 is 5.32 Å². The van der Waals surface area contributed by atoms with Crippen molar-refractivity contribution in [2.45, 2.75) is 32.8 Å². The third kappa shape index (κ3) is 4.41. The molecule has 0 bridgehead atoms. The van der Waals surface area contributed by atoms with Crippen molar-refractivity contribution < 1.29 is 14.1 Å². The van der Waals surface area contributed by atoms with Crippen molar-refractivity contribution >= 4 is 11.6 Å². The summed E-state index contributed by atoms with van der Waals surface area (Å²) in [5.41, 5.74) is 2.52. The molecule has 0 fully saturated rings. The second kappa shape index (κ2) is 7.72. The Morgan fingerprint density at radius 1 is 1.15 bits per heavy atom. The first-order valence-corrected chi connectivity index (χ1v) is 8.71. The molecular formula is C21H23N3O3. The standard InChI is InChI=1S/C21H23N3O3/c1-21(2,3)20-23-19(27-24-20)17-11-6-5-10-16(17)18(25)22-15-9-7-8-14(12-15)13-26-4/h5-12H,13H2,1-4H3,(H,22,25). The summed E-state index contributed by atoms with van der Waals surface area (Å²) in [5.74, 6) is 0.689. The van der Waals surface area contributed by atoms with E-state index in [-0.39, 0.29) is 11.3 Å². The molecule has 6 heteroatoms. The minimum absolute atomic E-state index is 0.235. The summed E-state index contributed by atoms with van der Waals surface area (Å²) in [6.45, 7) is 6.51. The van der Waals surface area contributed by atoms with Gasteiger partial charge in [0.15, 0.2) is 5.82 Å². The van der Waals surface area contributed by atoms with Gasteiger partial charge < -0.3 is 14.6 Å². The predicted molar refractivity (Wildman–Crippen MR) is 104 cm³/mol. The third-order valence-corrected chi connectivity index (χ3v) is 3.99. The van der Waals surface area contributed by atoms with Gasteiger partial charge in [-0.3, -0.25) is 4.79 Å². The average molecular weight is 365 g/mol. The van der Waals surface area contributed by atoms with Crippen LogP contribution in [-0.2, 0) is 16.8 Å². The molecular weight excluding hydrogens is 342 g/mol. The average Bonchev–Trinajstić information content (AvgIpc) is 3.13. The van der Waals surface area contributed by atoms with Crippen LogP contribution in [0.4, 0.5) is 5.69 Å². The number of hydrogen-bond donors (Lipinski definition) is 1. The number of anilines is 1. The monoisotopic (exact) mass is 365 g/mol. The maximum Gasteiger partial charge on any atom is 0.258 e. The first-order valence-electron chi connectivity index (χ1n) is 8.71. The van der Waals surface area contributed by atoms with Crippen LogP contribution in [0.15, 0.2) is 53.1 Å². The van der Waals surface area contributed by atoms with E-state index in [0.29, 0.717) is 35.1 Å². The third-order valence-electron chi connectivity index (χ3n) is 3.99. The van der Waals surface area contributed by atoms with Gasteiger partial charge in [0.1, 0.15) is 0 Å². The van der Waals surface area contributed by atoms with Gasteiger partial charge in [-0.15, -0.1) is 0 Å². The van der Waals surface area contributed by atoms with Crippen LogP contribution in [0.1, 0.15) is 42.5 Å². The number of hydrogen-bond acceptors (Lipinski definition) is 5. The lowest BCUT2D eigenvalue weighted by Gasteiger charge is -2.11. The van der Waals surface area contributed by atoms with E-state index in [1.165, 1.54) is 0 Å². The lowest BCUT2D eigenvalue weighted by atomic mass is 9.96. The van der Waals surface area contributed by atoms with Crippen LogP contribution >= 0.6 is 0 Å². The van der Waals surface area contributed by atoms with Gasteiger partial charge in [-0.2, -0.15) is 4.98 Å². The van der Waals surface area contributed by atoms with E-state index >= 15 is 0 Å². The molecule has 0 spiro atoms. The van der Waals surface area contributed by atoms with Gasteiger partial charge in [0.2, 0.25) is 0 Å². The van der Waals surface area contributed by atoms with Gasteiger partial charge >= 0.3 is 0 Å². The van der Waals surface area contributed by atoms with E-state index in [1.807, 2.05) is 51.1 Å². The normalized spacial score (nSPS) is 11.4. The highest BCUT2D eigenvalue weighted by Gasteiger charge is 2.23. The van der Waals surface area contributed by atoms with E-state index in [4.69, 9.17) is 9.26 Å². The molecule has 0 unspecified atom stereocenters. The molecule has 0 atom stereocenters. The summed E-state index contributed by atoms with van der Waals surface area (Å²) < 4.78 is 10.6. The molecule has 2 aromatic carbocycles. The van der Waals surface area contributed by atoms with Crippen LogP contribution in [0.25, 0.3) is 11.5 Å². The number of nitrogens with one attached hydrogen (secondary N) is 1. The van der Waals surface area contributed by atoms with Crippen molar-refractivity contribution in [3.8, 4) is 11.5 Å². The first-order chi connectivity index (χ1) is 12.9. The number of amides is 1. The maximum absolute atomic E-state index is 12.8. The van der Waals surface area contributed by atoms with Crippen molar-refractivity contribution in [1.29, 1.82) is 0 Å². The van der Waals surface area contributed by atoms with Crippen molar-refractivity contribution in [3.05, 3.63) is 65.5 Å². The number of benzene rings is 2. The molecule has 1 aromatic heterocycles.